The number of H-pyrrole nitrogens is 1. The lowest BCUT2D eigenvalue weighted by atomic mass is 10.1. The molecule has 2 aromatic heterocycles. The van der Waals surface area contributed by atoms with Crippen LogP contribution in [0.1, 0.15) is 49.9 Å². The Morgan fingerprint density at radius 2 is 1.83 bits per heavy atom. The zero-order chi connectivity index (χ0) is 24.2. The molecule has 0 bridgehead atoms. The van der Waals surface area contributed by atoms with Crippen molar-refractivity contribution < 1.29 is 4.74 Å². The van der Waals surface area contributed by atoms with Gasteiger partial charge in [-0.3, -0.25) is 4.90 Å². The summed E-state index contributed by atoms with van der Waals surface area (Å²) in [5.41, 5.74) is 6.16. The second-order valence-corrected chi connectivity index (χ2v) is 10.4. The summed E-state index contributed by atoms with van der Waals surface area (Å²) in [5.74, 6) is 2.10. The fraction of sp³-hybridized carbons (Fsp3) is 0.379. The van der Waals surface area contributed by atoms with E-state index in [4.69, 9.17) is 26.3 Å². The largest absolute Gasteiger partial charge is 0.493 e. The predicted octanol–water partition coefficient (Wildman–Crippen LogP) is 7.31. The first kappa shape index (κ1) is 26.5. The van der Waals surface area contributed by atoms with Crippen molar-refractivity contribution in [3.63, 3.8) is 0 Å². The van der Waals surface area contributed by atoms with E-state index in [0.29, 0.717) is 24.0 Å². The summed E-state index contributed by atoms with van der Waals surface area (Å²) >= 11 is 6.30. The van der Waals surface area contributed by atoms with Gasteiger partial charge >= 0.3 is 0 Å². The Hall–Kier alpha value is -2.60. The van der Waals surface area contributed by atoms with E-state index in [1.165, 1.54) is 37.9 Å². The van der Waals surface area contributed by atoms with Crippen molar-refractivity contribution in [1.29, 1.82) is 0 Å². The Morgan fingerprint density at radius 3 is 2.64 bits per heavy atom. The minimum atomic E-state index is 0. The molecule has 0 unspecified atom stereocenters. The van der Waals surface area contributed by atoms with Gasteiger partial charge in [0.05, 0.1) is 17.6 Å². The number of aromatic nitrogens is 3. The van der Waals surface area contributed by atoms with Crippen molar-refractivity contribution in [2.24, 2.45) is 5.92 Å². The van der Waals surface area contributed by atoms with E-state index in [-0.39, 0.29) is 12.4 Å². The summed E-state index contributed by atoms with van der Waals surface area (Å²) in [5, 5.41) is 0.700. The molecule has 1 aliphatic rings. The third-order valence-corrected chi connectivity index (χ3v) is 6.65. The van der Waals surface area contributed by atoms with Gasteiger partial charge in [0.2, 0.25) is 0 Å². The van der Waals surface area contributed by atoms with E-state index in [2.05, 4.69) is 41.9 Å². The first-order valence-electron chi connectivity index (χ1n) is 12.6. The van der Waals surface area contributed by atoms with Crippen LogP contribution in [0.4, 0.5) is 0 Å². The molecule has 1 N–H and O–H groups in total. The zero-order valence-corrected chi connectivity index (χ0v) is 22.5. The summed E-state index contributed by atoms with van der Waals surface area (Å²) < 4.78 is 6.04. The van der Waals surface area contributed by atoms with Crippen LogP contribution in [0.15, 0.2) is 54.6 Å². The van der Waals surface area contributed by atoms with Crippen molar-refractivity contribution in [1.82, 2.24) is 19.9 Å². The van der Waals surface area contributed by atoms with Gasteiger partial charge in [-0.15, -0.1) is 12.4 Å². The van der Waals surface area contributed by atoms with Crippen LogP contribution in [-0.4, -0.2) is 39.5 Å². The molecule has 0 spiro atoms. The van der Waals surface area contributed by atoms with Crippen molar-refractivity contribution in [2.45, 2.75) is 46.1 Å². The molecule has 1 saturated heterocycles. The van der Waals surface area contributed by atoms with Crippen molar-refractivity contribution in [3.8, 4) is 17.3 Å². The van der Waals surface area contributed by atoms with E-state index in [9.17, 15) is 0 Å². The van der Waals surface area contributed by atoms with Crippen molar-refractivity contribution >= 4 is 35.0 Å². The molecular formula is C29H34Cl2N4O. The Labute approximate surface area is 224 Å². The Balaban J connectivity index is 0.00000304. The molecule has 190 valence electrons. The molecule has 2 aromatic carbocycles. The number of likely N-dealkylation sites (tertiary alicyclic amines) is 1. The van der Waals surface area contributed by atoms with Crippen LogP contribution in [0.2, 0.25) is 5.02 Å². The lowest BCUT2D eigenvalue weighted by Gasteiger charge is -2.26. The quantitative estimate of drug-likeness (QED) is 0.262. The van der Waals surface area contributed by atoms with Gasteiger partial charge in [-0.1, -0.05) is 44.0 Å². The maximum Gasteiger partial charge on any atom is 0.157 e. The van der Waals surface area contributed by atoms with Crippen LogP contribution < -0.4 is 4.74 Å². The molecule has 5 nitrogen and oxygen atoms in total. The maximum absolute atomic E-state index is 6.30. The molecule has 1 aliphatic heterocycles. The SMILES string of the molecule is CC(C)COc1ccc(Cl)cc1Cc1cccc(-c2nc3cc(CN4CCCCC4)ccc3[nH]2)n1.Cl. The topological polar surface area (TPSA) is 54.0 Å². The number of hydrogen-bond donors (Lipinski definition) is 1. The number of nitrogens with one attached hydrogen (secondary N) is 1. The van der Waals surface area contributed by atoms with Gasteiger partial charge in [0, 0.05) is 29.2 Å². The van der Waals surface area contributed by atoms with Crippen LogP contribution in [0, 0.1) is 5.92 Å². The van der Waals surface area contributed by atoms with E-state index < -0.39 is 0 Å². The van der Waals surface area contributed by atoms with Gasteiger partial charge in [0.1, 0.15) is 11.4 Å². The minimum Gasteiger partial charge on any atom is -0.493 e. The van der Waals surface area contributed by atoms with E-state index in [0.717, 1.165) is 46.1 Å². The van der Waals surface area contributed by atoms with Crippen LogP contribution in [-0.2, 0) is 13.0 Å². The monoisotopic (exact) mass is 524 g/mol. The number of benzene rings is 2. The highest BCUT2D eigenvalue weighted by molar-refractivity contribution is 6.30. The molecule has 0 amide bonds. The summed E-state index contributed by atoms with van der Waals surface area (Å²) in [7, 11) is 0. The molecule has 0 saturated carbocycles. The van der Waals surface area contributed by atoms with E-state index in [1.54, 1.807) is 0 Å². The Bertz CT molecular complexity index is 1300. The molecule has 5 rings (SSSR count). The highest BCUT2D eigenvalue weighted by atomic mass is 35.5. The van der Waals surface area contributed by atoms with Gasteiger partial charge in [0.15, 0.2) is 5.82 Å². The highest BCUT2D eigenvalue weighted by Crippen LogP contribution is 2.27. The summed E-state index contributed by atoms with van der Waals surface area (Å²) in [6.45, 7) is 8.33. The number of imidazole rings is 1. The maximum atomic E-state index is 6.30. The second-order valence-electron chi connectivity index (χ2n) is 9.92. The summed E-state index contributed by atoms with van der Waals surface area (Å²) in [4.78, 5) is 15.8. The van der Waals surface area contributed by atoms with Crippen molar-refractivity contribution in [3.05, 3.63) is 76.4 Å². The van der Waals surface area contributed by atoms with Crippen LogP contribution >= 0.6 is 24.0 Å². The number of aromatic amines is 1. The Kier molecular flexibility index (Phi) is 8.89. The summed E-state index contributed by atoms with van der Waals surface area (Å²) in [6.07, 6.45) is 4.60. The van der Waals surface area contributed by atoms with Gasteiger partial charge < -0.3 is 9.72 Å². The van der Waals surface area contributed by atoms with Crippen LogP contribution in [0.5, 0.6) is 5.75 Å². The van der Waals surface area contributed by atoms with E-state index in [1.807, 2.05) is 36.4 Å². The number of halogens is 2. The molecule has 7 heteroatoms. The average Bonchev–Trinajstić information content (AvgIpc) is 3.28. The third kappa shape index (κ3) is 6.58. The average molecular weight is 526 g/mol. The van der Waals surface area contributed by atoms with Crippen LogP contribution in [0.3, 0.4) is 0 Å². The smallest absolute Gasteiger partial charge is 0.157 e. The first-order chi connectivity index (χ1) is 17.0. The molecule has 0 atom stereocenters. The molecule has 3 heterocycles. The number of piperidine rings is 1. The van der Waals surface area contributed by atoms with Crippen molar-refractivity contribution in [2.75, 3.05) is 19.7 Å². The zero-order valence-electron chi connectivity index (χ0n) is 21.0. The number of fused-ring (bicyclic) bond motifs is 1. The van der Waals surface area contributed by atoms with Gasteiger partial charge in [-0.2, -0.15) is 0 Å². The normalized spacial score (nSPS) is 14.2. The lowest BCUT2D eigenvalue weighted by molar-refractivity contribution is 0.221. The molecule has 1 fully saturated rings. The van der Waals surface area contributed by atoms with Crippen LogP contribution in [0.25, 0.3) is 22.6 Å². The highest BCUT2D eigenvalue weighted by Gasteiger charge is 2.13. The standard InChI is InChI=1S/C29H33ClN4O.ClH/c1-20(2)19-35-28-12-10-23(30)16-22(28)17-24-7-6-8-26(31-24)29-32-25-11-9-21(15-27(25)33-29)18-34-13-4-3-5-14-34;/h6-12,15-16,20H,3-5,13-14,17-19H2,1-2H3,(H,32,33);1H. The number of pyridine rings is 1. The van der Waals surface area contributed by atoms with Gasteiger partial charge in [0.25, 0.3) is 0 Å². The lowest BCUT2D eigenvalue weighted by Crippen LogP contribution is -2.29. The second kappa shape index (κ2) is 12.1. The first-order valence-corrected chi connectivity index (χ1v) is 13.0. The molecular weight excluding hydrogens is 491 g/mol. The molecule has 0 aliphatic carbocycles. The number of ether oxygens (including phenoxy) is 1. The molecule has 4 aromatic rings. The Morgan fingerprint density at radius 1 is 1.00 bits per heavy atom. The number of rotatable bonds is 8. The van der Waals surface area contributed by atoms with Gasteiger partial charge in [-0.25, -0.2) is 9.97 Å². The summed E-state index contributed by atoms with van der Waals surface area (Å²) in [6, 6.07) is 18.4. The predicted molar refractivity (Wildman–Crippen MR) is 150 cm³/mol. The van der Waals surface area contributed by atoms with E-state index >= 15 is 0 Å². The fourth-order valence-corrected chi connectivity index (χ4v) is 4.83. The number of nitrogens with zero attached hydrogens (tertiary/aromatic N) is 3. The molecule has 0 radical (unpaired) electrons. The molecule has 36 heavy (non-hydrogen) atoms. The number of hydrogen-bond acceptors (Lipinski definition) is 4. The third-order valence-electron chi connectivity index (χ3n) is 6.42. The fourth-order valence-electron chi connectivity index (χ4n) is 4.64. The minimum absolute atomic E-state index is 0. The van der Waals surface area contributed by atoms with Gasteiger partial charge in [-0.05, 0) is 79.9 Å².